The molecule has 0 N–H and O–H groups in total. The first-order chi connectivity index (χ1) is 25.3. The largest absolute Gasteiger partial charge is 0.294 e. The maximum atomic E-state index is 5.56. The second kappa shape index (κ2) is 10.9. The molecular weight excluding hydrogens is 619 g/mol. The number of hydrogen-bond donors (Lipinski definition) is 0. The summed E-state index contributed by atoms with van der Waals surface area (Å²) in [4.78, 5) is 5.56. The van der Waals surface area contributed by atoms with Gasteiger partial charge in [-0.05, 0) is 69.6 Å². The molecule has 238 valence electrons. The third-order valence-electron chi connectivity index (χ3n) is 10.7. The van der Waals surface area contributed by atoms with Crippen LogP contribution < -0.4 is 0 Å². The maximum absolute atomic E-state index is 5.56. The van der Waals surface area contributed by atoms with Crippen LogP contribution >= 0.6 is 0 Å². The van der Waals surface area contributed by atoms with Crippen molar-refractivity contribution in [1.29, 1.82) is 0 Å². The molecule has 0 unspecified atom stereocenters. The number of aromatic nitrogens is 3. The highest BCUT2D eigenvalue weighted by Crippen LogP contribution is 2.42. The van der Waals surface area contributed by atoms with Crippen LogP contribution in [0.25, 0.3) is 88.8 Å². The van der Waals surface area contributed by atoms with Crippen LogP contribution in [-0.4, -0.2) is 14.0 Å². The highest BCUT2D eigenvalue weighted by atomic mass is 15.1. The summed E-state index contributed by atoms with van der Waals surface area (Å²) in [5, 5.41) is 4.85. The van der Waals surface area contributed by atoms with Crippen molar-refractivity contribution in [2.24, 2.45) is 0 Å². The van der Waals surface area contributed by atoms with Gasteiger partial charge < -0.3 is 0 Å². The molecule has 11 rings (SSSR count). The normalized spacial score (nSPS) is 12.2. The first-order valence-corrected chi connectivity index (χ1v) is 17.6. The van der Waals surface area contributed by atoms with Gasteiger partial charge in [-0.25, -0.2) is 4.98 Å². The lowest BCUT2D eigenvalue weighted by atomic mass is 9.97. The van der Waals surface area contributed by atoms with Crippen molar-refractivity contribution in [3.63, 3.8) is 0 Å². The third kappa shape index (κ3) is 4.22. The van der Waals surface area contributed by atoms with E-state index in [2.05, 4.69) is 185 Å². The summed E-state index contributed by atoms with van der Waals surface area (Å²) in [5.74, 6) is 1.82. The van der Waals surface area contributed by atoms with Gasteiger partial charge in [0.15, 0.2) is 0 Å². The Bertz CT molecular complexity index is 2980. The Morgan fingerprint density at radius 1 is 0.392 bits per heavy atom. The van der Waals surface area contributed by atoms with Crippen molar-refractivity contribution in [3.05, 3.63) is 187 Å². The lowest BCUT2D eigenvalue weighted by Gasteiger charge is -2.15. The van der Waals surface area contributed by atoms with Crippen LogP contribution in [0.3, 0.4) is 0 Å². The van der Waals surface area contributed by atoms with Crippen LogP contribution in [0.5, 0.6) is 0 Å². The Labute approximate surface area is 295 Å². The fourth-order valence-corrected chi connectivity index (χ4v) is 8.43. The highest BCUT2D eigenvalue weighted by Gasteiger charge is 2.22. The topological polar surface area (TPSA) is 22.2 Å². The molecule has 0 saturated heterocycles. The molecule has 3 heterocycles. The number of nitrogens with zero attached hydrogens (tertiary/aromatic N) is 3. The smallest absolute Gasteiger partial charge is 0.147 e. The van der Waals surface area contributed by atoms with Gasteiger partial charge in [0.1, 0.15) is 11.6 Å². The molecular formula is C48H31N3. The molecule has 3 aromatic heterocycles. The summed E-state index contributed by atoms with van der Waals surface area (Å²) < 4.78 is 4.71. The molecule has 0 spiro atoms. The lowest BCUT2D eigenvalue weighted by molar-refractivity contribution is 1.03. The van der Waals surface area contributed by atoms with Gasteiger partial charge in [-0.1, -0.05) is 146 Å². The zero-order chi connectivity index (χ0) is 33.5. The number of rotatable bonds is 4. The Balaban J connectivity index is 1.17. The van der Waals surface area contributed by atoms with E-state index in [4.69, 9.17) is 4.98 Å². The Kier molecular flexibility index (Phi) is 6.02. The summed E-state index contributed by atoms with van der Waals surface area (Å²) in [6.07, 6.45) is 1.00. The standard InChI is InChI=1S/C48H31N3/c1-3-13-31(14-4-1)47-40-21-10-9-19-38(40)45-30-46(49-48(51(45)47)32-15-5-2-6-16-32)50-43-22-12-11-20-39(43)42-29-34(25-26-44(42)50)33-23-24-36-27-35-17-7-8-18-37(35)41(36)28-33/h1-26,28-30H,27H2. The summed E-state index contributed by atoms with van der Waals surface area (Å²) >= 11 is 0. The molecule has 3 nitrogen and oxygen atoms in total. The summed E-state index contributed by atoms with van der Waals surface area (Å²) in [6.45, 7) is 0. The van der Waals surface area contributed by atoms with Crippen molar-refractivity contribution in [3.8, 4) is 50.7 Å². The van der Waals surface area contributed by atoms with Crippen molar-refractivity contribution in [2.45, 2.75) is 6.42 Å². The summed E-state index contributed by atoms with van der Waals surface area (Å²) in [6, 6.07) is 63.8. The van der Waals surface area contributed by atoms with Gasteiger partial charge in [0.25, 0.3) is 0 Å². The SMILES string of the molecule is c1ccc(-c2nc(-n3c4ccccc4c4cc(-c5ccc6c(c5)-c5ccccc5C6)ccc43)cc3c4ccccc4c(-c4ccccc4)n23)cc1. The first kappa shape index (κ1) is 28.2. The fourth-order valence-electron chi connectivity index (χ4n) is 8.43. The van der Waals surface area contributed by atoms with E-state index in [-0.39, 0.29) is 0 Å². The summed E-state index contributed by atoms with van der Waals surface area (Å²) in [5.41, 5.74) is 14.8. The van der Waals surface area contributed by atoms with E-state index >= 15 is 0 Å². The molecule has 3 heteroatoms. The van der Waals surface area contributed by atoms with E-state index in [1.54, 1.807) is 0 Å². The van der Waals surface area contributed by atoms with E-state index in [0.29, 0.717) is 0 Å². The second-order valence-corrected chi connectivity index (χ2v) is 13.6. The molecule has 0 amide bonds. The molecule has 10 aromatic rings. The first-order valence-electron chi connectivity index (χ1n) is 17.6. The van der Waals surface area contributed by atoms with Crippen LogP contribution in [0.15, 0.2) is 176 Å². The number of para-hydroxylation sites is 1. The van der Waals surface area contributed by atoms with Crippen LogP contribution in [0, 0.1) is 0 Å². The number of hydrogen-bond acceptors (Lipinski definition) is 1. The third-order valence-corrected chi connectivity index (χ3v) is 10.7. The van der Waals surface area contributed by atoms with Gasteiger partial charge >= 0.3 is 0 Å². The zero-order valence-corrected chi connectivity index (χ0v) is 27.8. The quantitative estimate of drug-likeness (QED) is 0.186. The van der Waals surface area contributed by atoms with E-state index in [1.807, 2.05) is 0 Å². The van der Waals surface area contributed by atoms with Crippen LogP contribution in [0.1, 0.15) is 11.1 Å². The number of benzene rings is 7. The number of fused-ring (bicyclic) bond motifs is 9. The minimum atomic E-state index is 0.900. The monoisotopic (exact) mass is 649 g/mol. The van der Waals surface area contributed by atoms with Crippen LogP contribution in [0.4, 0.5) is 0 Å². The molecule has 1 aliphatic carbocycles. The fraction of sp³-hybridized carbons (Fsp3) is 0.0208. The molecule has 0 atom stereocenters. The van der Waals surface area contributed by atoms with Crippen molar-refractivity contribution in [1.82, 2.24) is 14.0 Å². The molecule has 1 aliphatic rings. The van der Waals surface area contributed by atoms with E-state index in [1.165, 1.54) is 60.5 Å². The average molecular weight is 650 g/mol. The van der Waals surface area contributed by atoms with E-state index in [0.717, 1.165) is 45.9 Å². The van der Waals surface area contributed by atoms with Gasteiger partial charge in [0, 0.05) is 33.2 Å². The predicted octanol–water partition coefficient (Wildman–Crippen LogP) is 12.2. The lowest BCUT2D eigenvalue weighted by Crippen LogP contribution is -2.04. The van der Waals surface area contributed by atoms with Crippen molar-refractivity contribution >= 4 is 38.1 Å². The summed E-state index contributed by atoms with van der Waals surface area (Å²) in [7, 11) is 0. The van der Waals surface area contributed by atoms with Gasteiger partial charge in [-0.2, -0.15) is 0 Å². The van der Waals surface area contributed by atoms with E-state index < -0.39 is 0 Å². The van der Waals surface area contributed by atoms with Crippen LogP contribution in [0.2, 0.25) is 0 Å². The minimum absolute atomic E-state index is 0.900. The Morgan fingerprint density at radius 2 is 1.00 bits per heavy atom. The molecule has 7 aromatic carbocycles. The van der Waals surface area contributed by atoms with Crippen molar-refractivity contribution in [2.75, 3.05) is 0 Å². The van der Waals surface area contributed by atoms with Gasteiger partial charge in [0.2, 0.25) is 0 Å². The highest BCUT2D eigenvalue weighted by molar-refractivity contribution is 6.11. The van der Waals surface area contributed by atoms with Crippen molar-refractivity contribution < 1.29 is 0 Å². The van der Waals surface area contributed by atoms with Crippen LogP contribution in [-0.2, 0) is 6.42 Å². The molecule has 0 fully saturated rings. The molecule has 0 aliphatic heterocycles. The van der Waals surface area contributed by atoms with Gasteiger partial charge in [0.05, 0.1) is 22.2 Å². The van der Waals surface area contributed by atoms with Gasteiger partial charge in [-0.15, -0.1) is 0 Å². The van der Waals surface area contributed by atoms with Gasteiger partial charge in [-0.3, -0.25) is 8.97 Å². The Morgan fingerprint density at radius 3 is 1.82 bits per heavy atom. The van der Waals surface area contributed by atoms with E-state index in [9.17, 15) is 0 Å². The zero-order valence-electron chi connectivity index (χ0n) is 27.8. The molecule has 51 heavy (non-hydrogen) atoms. The second-order valence-electron chi connectivity index (χ2n) is 13.6. The molecule has 0 saturated carbocycles. The molecule has 0 bridgehead atoms. The average Bonchev–Trinajstić information content (AvgIpc) is 3.85. The Hall–Kier alpha value is -6.71. The minimum Gasteiger partial charge on any atom is -0.294 e. The molecule has 0 radical (unpaired) electrons. The maximum Gasteiger partial charge on any atom is 0.147 e. The predicted molar refractivity (Wildman–Crippen MR) is 212 cm³/mol.